The van der Waals surface area contributed by atoms with Gasteiger partial charge >= 0.3 is 5.95 Å². The molecule has 5 heteroatoms. The van der Waals surface area contributed by atoms with Gasteiger partial charge in [-0.1, -0.05) is 28.7 Å². The lowest BCUT2D eigenvalue weighted by Gasteiger charge is -2.28. The second-order valence-electron chi connectivity index (χ2n) is 5.47. The van der Waals surface area contributed by atoms with Crippen LogP contribution in [0.3, 0.4) is 0 Å². The van der Waals surface area contributed by atoms with Crippen LogP contribution in [0.4, 0.5) is 5.95 Å². The molecule has 4 rings (SSSR count). The first-order valence-corrected chi connectivity index (χ1v) is 7.18. The number of benzene rings is 1. The SMILES string of the molecule is OC1(c2ccc(Cl)cc2)C[n+]2cccnc2N1C1CC1. The third-order valence-electron chi connectivity index (χ3n) is 4.02. The van der Waals surface area contributed by atoms with Gasteiger partial charge in [-0.3, -0.25) is 0 Å². The maximum absolute atomic E-state index is 11.3. The summed E-state index contributed by atoms with van der Waals surface area (Å²) in [6.45, 7) is 0.494. The van der Waals surface area contributed by atoms with Crippen LogP contribution in [0, 0.1) is 0 Å². The van der Waals surface area contributed by atoms with Gasteiger partial charge in [0.1, 0.15) is 12.7 Å². The molecule has 1 fully saturated rings. The van der Waals surface area contributed by atoms with Crippen molar-refractivity contribution in [2.24, 2.45) is 0 Å². The predicted molar refractivity (Wildman–Crippen MR) is 75.3 cm³/mol. The Balaban J connectivity index is 1.83. The minimum atomic E-state index is -1.03. The van der Waals surface area contributed by atoms with Gasteiger partial charge in [-0.2, -0.15) is 0 Å². The Hall–Kier alpha value is -1.65. The topological polar surface area (TPSA) is 40.2 Å². The summed E-state index contributed by atoms with van der Waals surface area (Å²) in [5.74, 6) is 0.840. The van der Waals surface area contributed by atoms with Crippen molar-refractivity contribution in [3.8, 4) is 0 Å². The Labute approximate surface area is 122 Å². The largest absolute Gasteiger partial charge is 0.397 e. The minimum Gasteiger partial charge on any atom is -0.353 e. The molecule has 0 amide bonds. The zero-order valence-corrected chi connectivity index (χ0v) is 11.7. The molecule has 2 aliphatic rings. The average Bonchev–Trinajstić information content (AvgIpc) is 3.22. The Morgan fingerprint density at radius 2 is 2.05 bits per heavy atom. The molecule has 4 nitrogen and oxygen atoms in total. The first kappa shape index (κ1) is 12.1. The molecule has 0 saturated heterocycles. The number of anilines is 1. The van der Waals surface area contributed by atoms with E-state index in [1.807, 2.05) is 41.1 Å². The highest BCUT2D eigenvalue weighted by atomic mass is 35.5. The highest BCUT2D eigenvalue weighted by Gasteiger charge is 2.57. The maximum atomic E-state index is 11.3. The molecule has 1 aliphatic carbocycles. The van der Waals surface area contributed by atoms with Crippen molar-refractivity contribution in [1.82, 2.24) is 4.98 Å². The zero-order valence-electron chi connectivity index (χ0n) is 10.9. The van der Waals surface area contributed by atoms with E-state index >= 15 is 0 Å². The van der Waals surface area contributed by atoms with Gasteiger partial charge in [0.25, 0.3) is 0 Å². The van der Waals surface area contributed by atoms with Crippen LogP contribution in [0.1, 0.15) is 18.4 Å². The van der Waals surface area contributed by atoms with Crippen molar-refractivity contribution in [3.05, 3.63) is 53.3 Å². The molecule has 1 unspecified atom stereocenters. The first-order chi connectivity index (χ1) is 9.68. The van der Waals surface area contributed by atoms with Crippen LogP contribution in [0.5, 0.6) is 0 Å². The van der Waals surface area contributed by atoms with Gasteiger partial charge < -0.3 is 5.11 Å². The van der Waals surface area contributed by atoms with E-state index in [1.54, 1.807) is 6.20 Å². The Bertz CT molecular complexity index is 656. The lowest BCUT2D eigenvalue weighted by molar-refractivity contribution is -0.685. The second-order valence-corrected chi connectivity index (χ2v) is 5.91. The van der Waals surface area contributed by atoms with Crippen molar-refractivity contribution < 1.29 is 9.67 Å². The van der Waals surface area contributed by atoms with E-state index in [9.17, 15) is 5.11 Å². The summed E-state index contributed by atoms with van der Waals surface area (Å²) in [4.78, 5) is 6.50. The molecule has 2 aromatic rings. The van der Waals surface area contributed by atoms with Crippen LogP contribution in [0.25, 0.3) is 0 Å². The molecule has 1 aromatic carbocycles. The summed E-state index contributed by atoms with van der Waals surface area (Å²) in [5.41, 5.74) is -0.174. The highest BCUT2D eigenvalue weighted by Crippen LogP contribution is 2.42. The van der Waals surface area contributed by atoms with E-state index in [1.165, 1.54) is 0 Å². The van der Waals surface area contributed by atoms with Crippen LogP contribution in [0.15, 0.2) is 42.7 Å². The van der Waals surface area contributed by atoms with E-state index in [2.05, 4.69) is 9.88 Å². The van der Waals surface area contributed by atoms with E-state index in [4.69, 9.17) is 11.6 Å². The number of nitrogens with zero attached hydrogens (tertiary/aromatic N) is 3. The van der Waals surface area contributed by atoms with Crippen LogP contribution in [-0.4, -0.2) is 16.1 Å². The molecule has 0 spiro atoms. The maximum Gasteiger partial charge on any atom is 0.397 e. The van der Waals surface area contributed by atoms with E-state index in [0.717, 1.165) is 24.4 Å². The summed E-state index contributed by atoms with van der Waals surface area (Å²) in [6, 6.07) is 9.69. The quantitative estimate of drug-likeness (QED) is 0.858. The van der Waals surface area contributed by atoms with E-state index in [0.29, 0.717) is 17.6 Å². The van der Waals surface area contributed by atoms with E-state index in [-0.39, 0.29) is 0 Å². The number of hydrogen-bond acceptors (Lipinski definition) is 3. The molecule has 1 N–H and O–H groups in total. The minimum absolute atomic E-state index is 0.374. The predicted octanol–water partition coefficient (Wildman–Crippen LogP) is 1.85. The van der Waals surface area contributed by atoms with Gasteiger partial charge in [0, 0.05) is 16.7 Å². The monoisotopic (exact) mass is 288 g/mol. The Kier molecular flexibility index (Phi) is 2.53. The fourth-order valence-corrected chi connectivity index (χ4v) is 3.07. The normalized spacial score (nSPS) is 24.8. The highest BCUT2D eigenvalue weighted by molar-refractivity contribution is 6.30. The summed E-state index contributed by atoms with van der Waals surface area (Å²) in [6.07, 6.45) is 5.94. The molecule has 20 heavy (non-hydrogen) atoms. The van der Waals surface area contributed by atoms with Crippen LogP contribution < -0.4 is 9.47 Å². The van der Waals surface area contributed by atoms with Gasteiger partial charge in [0.15, 0.2) is 0 Å². The van der Waals surface area contributed by atoms with Crippen molar-refractivity contribution in [2.45, 2.75) is 31.2 Å². The molecular formula is C15H15ClN3O+. The lowest BCUT2D eigenvalue weighted by atomic mass is 10.0. The third kappa shape index (κ3) is 1.72. The van der Waals surface area contributed by atoms with Gasteiger partial charge in [0.2, 0.25) is 5.72 Å². The van der Waals surface area contributed by atoms with Crippen LogP contribution >= 0.6 is 11.6 Å². The van der Waals surface area contributed by atoms with Crippen molar-refractivity contribution >= 4 is 17.5 Å². The smallest absolute Gasteiger partial charge is 0.353 e. The van der Waals surface area contributed by atoms with Gasteiger partial charge in [-0.15, -0.1) is 0 Å². The van der Waals surface area contributed by atoms with Crippen molar-refractivity contribution in [2.75, 3.05) is 4.90 Å². The molecular weight excluding hydrogens is 274 g/mol. The summed E-state index contributed by atoms with van der Waals surface area (Å²) < 4.78 is 2.01. The molecule has 0 bridgehead atoms. The summed E-state index contributed by atoms with van der Waals surface area (Å²) >= 11 is 5.95. The van der Waals surface area contributed by atoms with Crippen LogP contribution in [-0.2, 0) is 12.3 Å². The molecule has 1 aromatic heterocycles. The van der Waals surface area contributed by atoms with Crippen molar-refractivity contribution in [1.29, 1.82) is 0 Å². The number of aliphatic hydroxyl groups is 1. The van der Waals surface area contributed by atoms with Gasteiger partial charge in [-0.05, 0) is 25.0 Å². The molecule has 2 heterocycles. The number of halogens is 1. The zero-order chi connectivity index (χ0) is 13.7. The number of fused-ring (bicyclic) bond motifs is 1. The first-order valence-electron chi connectivity index (χ1n) is 6.81. The number of rotatable bonds is 2. The summed E-state index contributed by atoms with van der Waals surface area (Å²) in [7, 11) is 0. The average molecular weight is 289 g/mol. The fourth-order valence-electron chi connectivity index (χ4n) is 2.94. The molecule has 1 saturated carbocycles. The second kappa shape index (κ2) is 4.17. The standard InChI is InChI=1S/C15H15ClN3O/c16-12-4-2-11(3-5-12)15(20)10-18-9-1-8-17-14(18)19(15)13-6-7-13/h1-5,8-9,13,20H,6-7,10H2/q+1. The van der Waals surface area contributed by atoms with E-state index < -0.39 is 5.72 Å². The molecule has 102 valence electrons. The number of hydrogen-bond donors (Lipinski definition) is 1. The van der Waals surface area contributed by atoms with Crippen molar-refractivity contribution in [3.63, 3.8) is 0 Å². The fraction of sp³-hybridized carbons (Fsp3) is 0.333. The lowest BCUT2D eigenvalue weighted by Crippen LogP contribution is -2.46. The van der Waals surface area contributed by atoms with Crippen LogP contribution in [0.2, 0.25) is 5.02 Å². The molecule has 1 aliphatic heterocycles. The Morgan fingerprint density at radius 1 is 1.30 bits per heavy atom. The molecule has 1 atom stereocenters. The van der Waals surface area contributed by atoms with Gasteiger partial charge in [0.05, 0.1) is 12.2 Å². The molecule has 0 radical (unpaired) electrons. The van der Waals surface area contributed by atoms with Gasteiger partial charge in [-0.25, -0.2) is 9.47 Å². The number of aromatic nitrogens is 2. The summed E-state index contributed by atoms with van der Waals surface area (Å²) in [5, 5.41) is 11.9. The Morgan fingerprint density at radius 3 is 2.75 bits per heavy atom. The third-order valence-corrected chi connectivity index (χ3v) is 4.27.